The topological polar surface area (TPSA) is 16.1 Å². The van der Waals surface area contributed by atoms with Crippen LogP contribution in [0.2, 0.25) is 0 Å². The van der Waals surface area contributed by atoms with Gasteiger partial charge in [-0.2, -0.15) is 0 Å². The van der Waals surface area contributed by atoms with Crippen molar-refractivity contribution in [1.82, 2.24) is 4.98 Å². The van der Waals surface area contributed by atoms with E-state index < -0.39 is 0 Å². The Labute approximate surface area is 351 Å². The highest BCUT2D eigenvalue weighted by molar-refractivity contribution is 7.26. The van der Waals surface area contributed by atoms with Gasteiger partial charge in [0.25, 0.3) is 0 Å². The molecule has 0 fully saturated rings. The predicted octanol–water partition coefficient (Wildman–Crippen LogP) is 16.5. The van der Waals surface area contributed by atoms with E-state index in [2.05, 4.69) is 223 Å². The van der Waals surface area contributed by atoms with Crippen LogP contribution in [-0.2, 0) is 0 Å². The maximum atomic E-state index is 5.27. The third kappa shape index (κ3) is 6.49. The van der Waals surface area contributed by atoms with Crippen molar-refractivity contribution in [2.24, 2.45) is 0 Å². The van der Waals surface area contributed by atoms with E-state index in [4.69, 9.17) is 4.98 Å². The van der Waals surface area contributed by atoms with Crippen molar-refractivity contribution in [3.63, 3.8) is 0 Å². The van der Waals surface area contributed by atoms with Crippen molar-refractivity contribution < 1.29 is 0 Å². The lowest BCUT2D eigenvalue weighted by molar-refractivity contribution is 1.28. The normalized spacial score (nSPS) is 11.4. The number of hydrogen-bond donors (Lipinski definition) is 0. The molecule has 0 atom stereocenters. The smallest absolute Gasteiger partial charge is 0.124 e. The van der Waals surface area contributed by atoms with Gasteiger partial charge >= 0.3 is 0 Å². The Morgan fingerprint density at radius 1 is 0.373 bits per heavy atom. The highest BCUT2D eigenvalue weighted by Crippen LogP contribution is 2.49. The summed E-state index contributed by atoms with van der Waals surface area (Å²) >= 11 is 3.64. The van der Waals surface area contributed by atoms with E-state index in [-0.39, 0.29) is 0 Å². The van der Waals surface area contributed by atoms with E-state index in [0.29, 0.717) is 0 Å². The number of nitrogens with zero attached hydrogens (tertiary/aromatic N) is 2. The number of hydrogen-bond acceptors (Lipinski definition) is 4. The Hall–Kier alpha value is -7.11. The molecule has 0 N–H and O–H groups in total. The minimum atomic E-state index is 1.03. The van der Waals surface area contributed by atoms with E-state index in [1.807, 2.05) is 11.3 Å². The Bertz CT molecular complexity index is 3140. The SMILES string of the molecule is c1ccc(-c2ccc(N(c3ccc(-c4ccccc4)cc3)c3ccc(-c4c5sc(-c6ccccc6)nc5cc5sc6ccccc6c45)cc3-c3ccccc3)cc2)cc1. The fraction of sp³-hybridized carbons (Fsp3) is 0. The van der Waals surface area contributed by atoms with Gasteiger partial charge in [-0.25, -0.2) is 4.98 Å². The van der Waals surface area contributed by atoms with Crippen molar-refractivity contribution in [1.29, 1.82) is 0 Å². The standard InChI is InChI=1S/C55H36N2S2/c1-5-15-37(16-6-1)39-25-30-44(31-26-39)57(45-32-27-40(28-33-45)38-17-7-2-8-18-38)49-34-29-43(35-47(49)41-19-9-3-10-20-41)52-53-46-23-13-14-24-50(46)58-51(53)36-48-54(52)59-55(56-48)42-21-11-4-12-22-42/h1-36H. The zero-order valence-electron chi connectivity index (χ0n) is 32.0. The van der Waals surface area contributed by atoms with E-state index in [9.17, 15) is 0 Å². The molecule has 0 spiro atoms. The summed E-state index contributed by atoms with van der Waals surface area (Å²) in [6, 6.07) is 78.7. The fourth-order valence-corrected chi connectivity index (χ4v) is 10.6. The van der Waals surface area contributed by atoms with Crippen molar-refractivity contribution in [2.75, 3.05) is 4.90 Å². The molecular weight excluding hydrogens is 753 g/mol. The van der Waals surface area contributed by atoms with Gasteiger partial charge in [-0.1, -0.05) is 170 Å². The Morgan fingerprint density at radius 3 is 1.46 bits per heavy atom. The average Bonchev–Trinajstić information content (AvgIpc) is 3.91. The Kier molecular flexibility index (Phi) is 8.92. The molecule has 278 valence electrons. The minimum absolute atomic E-state index is 1.03. The van der Waals surface area contributed by atoms with E-state index in [1.54, 1.807) is 11.3 Å². The molecule has 2 aromatic heterocycles. The number of thiazole rings is 1. The van der Waals surface area contributed by atoms with Crippen LogP contribution >= 0.6 is 22.7 Å². The first-order valence-electron chi connectivity index (χ1n) is 19.9. The van der Waals surface area contributed by atoms with Crippen LogP contribution in [0.25, 0.3) is 85.5 Å². The van der Waals surface area contributed by atoms with Crippen LogP contribution < -0.4 is 4.90 Å². The van der Waals surface area contributed by atoms with Gasteiger partial charge in [0, 0.05) is 48.2 Å². The zero-order chi connectivity index (χ0) is 39.1. The predicted molar refractivity (Wildman–Crippen MR) is 254 cm³/mol. The summed E-state index contributed by atoms with van der Waals surface area (Å²) in [5.41, 5.74) is 15.0. The van der Waals surface area contributed by atoms with Crippen LogP contribution in [0.1, 0.15) is 0 Å². The molecule has 0 saturated heterocycles. The van der Waals surface area contributed by atoms with Crippen LogP contribution in [0.5, 0.6) is 0 Å². The largest absolute Gasteiger partial charge is 0.310 e. The molecule has 0 aliphatic carbocycles. The molecular formula is C55H36N2S2. The van der Waals surface area contributed by atoms with Gasteiger partial charge in [0.2, 0.25) is 0 Å². The summed E-state index contributed by atoms with van der Waals surface area (Å²) in [6.45, 7) is 0. The Balaban J connectivity index is 1.14. The molecule has 0 bridgehead atoms. The van der Waals surface area contributed by atoms with Gasteiger partial charge < -0.3 is 4.90 Å². The maximum Gasteiger partial charge on any atom is 0.124 e. The second kappa shape index (κ2) is 15.0. The lowest BCUT2D eigenvalue weighted by atomic mass is 9.93. The number of benzene rings is 9. The first kappa shape index (κ1) is 35.1. The highest BCUT2D eigenvalue weighted by Gasteiger charge is 2.23. The molecule has 0 saturated carbocycles. The van der Waals surface area contributed by atoms with Crippen molar-refractivity contribution in [3.8, 4) is 55.1 Å². The first-order valence-corrected chi connectivity index (χ1v) is 21.5. The second-order valence-corrected chi connectivity index (χ2v) is 16.8. The number of anilines is 3. The molecule has 2 nitrogen and oxygen atoms in total. The number of aromatic nitrogens is 1. The molecule has 4 heteroatoms. The Morgan fingerprint density at radius 2 is 0.864 bits per heavy atom. The molecule has 2 heterocycles. The lowest BCUT2D eigenvalue weighted by Crippen LogP contribution is -2.11. The fourth-order valence-electron chi connectivity index (χ4n) is 8.28. The van der Waals surface area contributed by atoms with Gasteiger partial charge in [0.15, 0.2) is 0 Å². The number of fused-ring (bicyclic) bond motifs is 4. The average molecular weight is 789 g/mol. The number of rotatable bonds is 8. The molecule has 9 aromatic carbocycles. The second-order valence-electron chi connectivity index (χ2n) is 14.7. The van der Waals surface area contributed by atoms with Crippen LogP contribution in [0.4, 0.5) is 17.1 Å². The molecule has 0 radical (unpaired) electrons. The highest BCUT2D eigenvalue weighted by atomic mass is 32.1. The molecule has 0 amide bonds. The quantitative estimate of drug-likeness (QED) is 0.152. The molecule has 0 unspecified atom stereocenters. The van der Waals surface area contributed by atoms with E-state index in [1.165, 1.54) is 58.3 Å². The van der Waals surface area contributed by atoms with Gasteiger partial charge in [0.1, 0.15) is 5.01 Å². The molecule has 11 rings (SSSR count). The van der Waals surface area contributed by atoms with Gasteiger partial charge in [-0.15, -0.1) is 22.7 Å². The molecule has 11 aromatic rings. The monoisotopic (exact) mass is 788 g/mol. The summed E-state index contributed by atoms with van der Waals surface area (Å²) in [7, 11) is 0. The van der Waals surface area contributed by atoms with Crippen LogP contribution in [0.15, 0.2) is 218 Å². The van der Waals surface area contributed by atoms with Gasteiger partial charge in [-0.3, -0.25) is 0 Å². The summed E-state index contributed by atoms with van der Waals surface area (Å²) in [5.74, 6) is 0. The molecule has 0 aliphatic heterocycles. The lowest BCUT2D eigenvalue weighted by Gasteiger charge is -2.29. The minimum Gasteiger partial charge on any atom is -0.310 e. The summed E-state index contributed by atoms with van der Waals surface area (Å²) in [4.78, 5) is 7.68. The van der Waals surface area contributed by atoms with Crippen molar-refractivity contribution in [2.45, 2.75) is 0 Å². The van der Waals surface area contributed by atoms with E-state index >= 15 is 0 Å². The van der Waals surface area contributed by atoms with Gasteiger partial charge in [0.05, 0.1) is 15.9 Å². The molecule has 0 aliphatic rings. The molecule has 59 heavy (non-hydrogen) atoms. The summed E-state index contributed by atoms with van der Waals surface area (Å²) in [5, 5.41) is 3.61. The third-order valence-corrected chi connectivity index (χ3v) is 13.4. The van der Waals surface area contributed by atoms with E-state index in [0.717, 1.165) is 44.3 Å². The van der Waals surface area contributed by atoms with Gasteiger partial charge in [-0.05, 0) is 81.9 Å². The first-order chi connectivity index (χ1) is 29.2. The van der Waals surface area contributed by atoms with Crippen LogP contribution in [-0.4, -0.2) is 4.98 Å². The van der Waals surface area contributed by atoms with Crippen LogP contribution in [0, 0.1) is 0 Å². The van der Waals surface area contributed by atoms with Crippen molar-refractivity contribution in [3.05, 3.63) is 218 Å². The maximum absolute atomic E-state index is 5.27. The summed E-state index contributed by atoms with van der Waals surface area (Å²) < 4.78 is 3.74. The third-order valence-electron chi connectivity index (χ3n) is 11.1. The zero-order valence-corrected chi connectivity index (χ0v) is 33.6. The van der Waals surface area contributed by atoms with Crippen molar-refractivity contribution >= 4 is 70.1 Å². The van der Waals surface area contributed by atoms with Crippen LogP contribution in [0.3, 0.4) is 0 Å². The summed E-state index contributed by atoms with van der Waals surface area (Å²) in [6.07, 6.45) is 0. The number of thiophene rings is 1.